The fourth-order valence-electron chi connectivity index (χ4n) is 10.5. The molecule has 2 fully saturated rings. The Balaban J connectivity index is 0.907. The summed E-state index contributed by atoms with van der Waals surface area (Å²) >= 11 is 0. The number of hydrogen-bond acceptors (Lipinski definition) is 14. The van der Waals surface area contributed by atoms with E-state index in [1.54, 1.807) is 55.5 Å². The molecule has 0 aromatic heterocycles. The van der Waals surface area contributed by atoms with E-state index in [4.69, 9.17) is 33.2 Å². The zero-order chi connectivity index (χ0) is 54.8. The number of anilines is 1. The summed E-state index contributed by atoms with van der Waals surface area (Å²) < 4.78 is 40.5. The van der Waals surface area contributed by atoms with Crippen molar-refractivity contribution in [2.45, 2.75) is 121 Å². The van der Waals surface area contributed by atoms with Crippen LogP contribution >= 0.6 is 0 Å². The van der Waals surface area contributed by atoms with Gasteiger partial charge in [-0.3, -0.25) is 28.9 Å². The predicted octanol–water partition coefficient (Wildman–Crippen LogP) is 8.34. The van der Waals surface area contributed by atoms with E-state index in [9.17, 15) is 28.8 Å². The number of rotatable bonds is 28. The number of aryl methyl sites for hydroxylation is 1. The van der Waals surface area contributed by atoms with Gasteiger partial charge in [0.05, 0.1) is 52.6 Å². The van der Waals surface area contributed by atoms with Crippen LogP contribution < -0.4 is 44.4 Å². The number of carbonyl (C=O) groups excluding carboxylic acids is 6. The van der Waals surface area contributed by atoms with Crippen LogP contribution in [0.3, 0.4) is 0 Å². The number of imide groups is 1. The van der Waals surface area contributed by atoms with Crippen LogP contribution in [-0.2, 0) is 30.3 Å². The first-order chi connectivity index (χ1) is 37.4. The van der Waals surface area contributed by atoms with E-state index in [1.807, 2.05) is 43.3 Å². The maximum Gasteiger partial charge on any atom is 0.329 e. The number of fused-ring (bicyclic) bond motifs is 1. The highest BCUT2D eigenvalue weighted by molar-refractivity contribution is 6.23. The van der Waals surface area contributed by atoms with Crippen LogP contribution in [0.4, 0.5) is 5.69 Å². The second-order valence-electron chi connectivity index (χ2n) is 19.5. The zero-order valence-electron chi connectivity index (χ0n) is 45.4. The molecule has 3 aliphatic heterocycles. The fraction of sp³-hybridized carbons (Fsp3) is 0.492. The smallest absolute Gasteiger partial charge is 0.329 e. The molecule has 4 aromatic rings. The normalized spacial score (nSPS) is 16.9. The number of para-hydroxylation sites is 1. The highest BCUT2D eigenvalue weighted by atomic mass is 16.6. The number of amides is 5. The second-order valence-corrected chi connectivity index (χ2v) is 19.5. The number of piperidine rings is 2. The van der Waals surface area contributed by atoms with Crippen LogP contribution in [-0.4, -0.2) is 126 Å². The number of ether oxygens (including phenoxy) is 7. The number of esters is 1. The number of nitrogens with one attached hydrogen (secondary N) is 3. The van der Waals surface area contributed by atoms with Crippen LogP contribution in [0.15, 0.2) is 72.8 Å². The second kappa shape index (κ2) is 28.0. The first kappa shape index (κ1) is 57.2. The highest BCUT2D eigenvalue weighted by Crippen LogP contribution is 2.42. The summed E-state index contributed by atoms with van der Waals surface area (Å²) in [7, 11) is 7.74. The molecule has 77 heavy (non-hydrogen) atoms. The van der Waals surface area contributed by atoms with E-state index in [2.05, 4.69) is 16.0 Å². The van der Waals surface area contributed by atoms with E-state index < -0.39 is 41.9 Å². The molecule has 0 aliphatic carbocycles. The lowest BCUT2D eigenvalue weighted by Crippen LogP contribution is -2.52. The predicted molar refractivity (Wildman–Crippen MR) is 289 cm³/mol. The van der Waals surface area contributed by atoms with E-state index in [0.717, 1.165) is 67.5 Å². The SMILES string of the molecule is CC[C@H](C(=O)N1CCCC[C@H]1C(=O)O[C@H](CCc1ccc(OC)c(OC)c1)c1ccccc1OCC(=O)NCCCCCCCCNc1ccc2c(c1)C(=O)N(C1CCCNC1=O)C2=O)c1cc(OC)c(OC)c(OC)c1. The standard InChI is InChI=1S/C59H75N5O13/c1-7-41(39-34-51(73-4)54(75-6)52(35-39)74-5)56(67)63-32-17-14-20-46(63)59(70)77-48(27-23-38-24-28-49(71-2)50(33-38)72-3)43-19-12-13-22-47(43)76-37-53(65)61-30-16-11-9-8-10-15-29-60-40-25-26-42-44(36-40)58(69)64(57(42)68)45-21-18-31-62-55(45)66/h12-13,19,22,24-26,28,33-36,41,45-46,48,60H,7-11,14-18,20-21,23,27,29-32,37H2,1-6H3,(H,61,65)(H,62,66)/t41-,45?,46-,48+/m0/s1. The van der Waals surface area contributed by atoms with Gasteiger partial charge in [-0.25, -0.2) is 4.79 Å². The zero-order valence-corrected chi connectivity index (χ0v) is 45.4. The molecular formula is C59H75N5O13. The minimum atomic E-state index is -0.830. The lowest BCUT2D eigenvalue weighted by atomic mass is 9.91. The molecule has 18 heteroatoms. The quantitative estimate of drug-likeness (QED) is 0.0278. The van der Waals surface area contributed by atoms with Crippen molar-refractivity contribution >= 4 is 41.2 Å². The topological polar surface area (TPSA) is 210 Å². The van der Waals surface area contributed by atoms with Gasteiger partial charge in [-0.05, 0) is 124 Å². The van der Waals surface area contributed by atoms with Gasteiger partial charge < -0.3 is 54.0 Å². The summed E-state index contributed by atoms with van der Waals surface area (Å²) in [6.45, 7) is 3.83. The molecule has 0 spiro atoms. The molecule has 0 saturated carbocycles. The summed E-state index contributed by atoms with van der Waals surface area (Å²) in [5.74, 6) is 0.127. The van der Waals surface area contributed by atoms with E-state index in [-0.39, 0.29) is 24.3 Å². The first-order valence-electron chi connectivity index (χ1n) is 27.0. The van der Waals surface area contributed by atoms with Crippen molar-refractivity contribution in [1.29, 1.82) is 0 Å². The highest BCUT2D eigenvalue weighted by Gasteiger charge is 2.44. The van der Waals surface area contributed by atoms with Crippen LogP contribution in [0.1, 0.15) is 140 Å². The van der Waals surface area contributed by atoms with Crippen LogP contribution in [0.2, 0.25) is 0 Å². The molecule has 4 atom stereocenters. The van der Waals surface area contributed by atoms with Crippen LogP contribution in [0, 0.1) is 0 Å². The fourth-order valence-corrected chi connectivity index (χ4v) is 10.5. The molecular weight excluding hydrogens is 987 g/mol. The summed E-state index contributed by atoms with van der Waals surface area (Å²) in [6.07, 6.45) is 9.28. The Hall–Kier alpha value is -7.50. The minimum Gasteiger partial charge on any atom is -0.493 e. The summed E-state index contributed by atoms with van der Waals surface area (Å²) in [6, 6.07) is 20.0. The first-order valence-corrected chi connectivity index (χ1v) is 27.0. The molecule has 414 valence electrons. The third-order valence-corrected chi connectivity index (χ3v) is 14.6. The number of benzene rings is 4. The van der Waals surface area contributed by atoms with Gasteiger partial charge in [0.1, 0.15) is 23.9 Å². The summed E-state index contributed by atoms with van der Waals surface area (Å²) in [4.78, 5) is 83.7. The Morgan fingerprint density at radius 1 is 0.701 bits per heavy atom. The van der Waals surface area contributed by atoms with Crippen LogP contribution in [0.25, 0.3) is 0 Å². The van der Waals surface area contributed by atoms with Gasteiger partial charge in [-0.1, -0.05) is 56.9 Å². The Morgan fingerprint density at radius 3 is 2.10 bits per heavy atom. The Morgan fingerprint density at radius 2 is 1.40 bits per heavy atom. The van der Waals surface area contributed by atoms with Crippen molar-refractivity contribution in [2.24, 2.45) is 0 Å². The van der Waals surface area contributed by atoms with Crippen molar-refractivity contribution in [3.8, 4) is 34.5 Å². The van der Waals surface area contributed by atoms with E-state index in [1.165, 1.54) is 21.3 Å². The maximum atomic E-state index is 14.6. The van der Waals surface area contributed by atoms with E-state index in [0.29, 0.717) is 121 Å². The summed E-state index contributed by atoms with van der Waals surface area (Å²) in [5.41, 5.74) is 3.61. The van der Waals surface area contributed by atoms with Gasteiger partial charge in [0, 0.05) is 37.4 Å². The third kappa shape index (κ3) is 14.1. The molecule has 5 amide bonds. The molecule has 18 nitrogen and oxygen atoms in total. The lowest BCUT2D eigenvalue weighted by molar-refractivity contribution is -0.162. The van der Waals surface area contributed by atoms with Gasteiger partial charge in [-0.15, -0.1) is 0 Å². The molecule has 3 N–H and O–H groups in total. The molecule has 2 saturated heterocycles. The molecule has 0 bridgehead atoms. The average Bonchev–Trinajstić information content (AvgIpc) is 3.78. The van der Waals surface area contributed by atoms with Crippen molar-refractivity contribution in [3.63, 3.8) is 0 Å². The lowest BCUT2D eigenvalue weighted by Gasteiger charge is -2.37. The van der Waals surface area contributed by atoms with Gasteiger partial charge >= 0.3 is 5.97 Å². The van der Waals surface area contributed by atoms with Crippen molar-refractivity contribution in [2.75, 3.05) is 73.7 Å². The largest absolute Gasteiger partial charge is 0.493 e. The number of nitrogens with zero attached hydrogens (tertiary/aromatic N) is 2. The third-order valence-electron chi connectivity index (χ3n) is 14.6. The number of carbonyl (C=O) groups is 6. The molecule has 0 radical (unpaired) electrons. The van der Waals surface area contributed by atoms with Gasteiger partial charge in [0.25, 0.3) is 17.7 Å². The number of likely N-dealkylation sites (tertiary alicyclic amines) is 1. The number of unbranched alkanes of at least 4 members (excludes halogenated alkanes) is 5. The molecule has 3 heterocycles. The van der Waals surface area contributed by atoms with Gasteiger partial charge in [-0.2, -0.15) is 0 Å². The van der Waals surface area contributed by atoms with Crippen molar-refractivity contribution in [1.82, 2.24) is 20.4 Å². The van der Waals surface area contributed by atoms with Gasteiger partial charge in [0.15, 0.2) is 29.6 Å². The minimum absolute atomic E-state index is 0.195. The van der Waals surface area contributed by atoms with Crippen molar-refractivity contribution < 1.29 is 61.9 Å². The van der Waals surface area contributed by atoms with Crippen LogP contribution in [0.5, 0.6) is 34.5 Å². The average molecular weight is 1060 g/mol. The molecule has 7 rings (SSSR count). The van der Waals surface area contributed by atoms with Crippen molar-refractivity contribution in [3.05, 3.63) is 101 Å². The maximum absolute atomic E-state index is 14.6. The molecule has 4 aromatic carbocycles. The Labute approximate surface area is 451 Å². The summed E-state index contributed by atoms with van der Waals surface area (Å²) in [5, 5.41) is 9.09. The molecule has 1 unspecified atom stereocenters. The molecule has 3 aliphatic rings. The number of methoxy groups -OCH3 is 5. The van der Waals surface area contributed by atoms with Gasteiger partial charge in [0.2, 0.25) is 17.6 Å². The number of hydrogen-bond donors (Lipinski definition) is 3. The van der Waals surface area contributed by atoms with E-state index >= 15 is 0 Å². The monoisotopic (exact) mass is 1060 g/mol. The Kier molecular flexibility index (Phi) is 20.8. The Bertz CT molecular complexity index is 2690.